The third-order valence-corrected chi connectivity index (χ3v) is 2.88. The van der Waals surface area contributed by atoms with Crippen LogP contribution in [0.15, 0.2) is 35.1 Å². The van der Waals surface area contributed by atoms with Crippen molar-refractivity contribution in [3.05, 3.63) is 52.1 Å². The van der Waals surface area contributed by atoms with E-state index in [0.29, 0.717) is 11.5 Å². The van der Waals surface area contributed by atoms with Crippen LogP contribution >= 0.6 is 0 Å². The van der Waals surface area contributed by atoms with Gasteiger partial charge in [0, 0.05) is 11.6 Å². The first-order valence-corrected chi connectivity index (χ1v) is 6.06. The zero-order valence-electron chi connectivity index (χ0n) is 11.0. The van der Waals surface area contributed by atoms with Crippen molar-refractivity contribution >= 4 is 0 Å². The molecule has 1 aromatic heterocycles. The smallest absolute Gasteiger partial charge is 0.303 e. The average molecular weight is 282 g/mol. The van der Waals surface area contributed by atoms with E-state index in [1.54, 1.807) is 17.1 Å². The van der Waals surface area contributed by atoms with E-state index in [1.807, 2.05) is 26.0 Å². The number of hydrogen-bond donors (Lipinski definition) is 1. The van der Waals surface area contributed by atoms with Crippen LogP contribution in [0.1, 0.15) is 31.2 Å². The first-order chi connectivity index (χ1) is 9.27. The molecular weight excluding hydrogens is 269 g/mol. The van der Waals surface area contributed by atoms with Crippen LogP contribution in [0, 0.1) is 0 Å². The van der Waals surface area contributed by atoms with Crippen LogP contribution in [0.4, 0.5) is 13.2 Å². The van der Waals surface area contributed by atoms with Crippen molar-refractivity contribution < 1.29 is 13.2 Å². The van der Waals surface area contributed by atoms with E-state index in [4.69, 9.17) is 0 Å². The molecule has 1 heterocycles. The number of H-pyrrole nitrogens is 1. The fraction of sp³-hybridized carbons (Fsp3) is 0.286. The first-order valence-electron chi connectivity index (χ1n) is 6.06. The third-order valence-electron chi connectivity index (χ3n) is 2.88. The number of aromatic nitrogens is 2. The highest BCUT2D eigenvalue weighted by Gasteiger charge is 2.34. The number of rotatable bonds is 2. The fourth-order valence-corrected chi connectivity index (χ4v) is 1.78. The summed E-state index contributed by atoms with van der Waals surface area (Å²) < 4.78 is 37.8. The molecule has 0 amide bonds. The average Bonchev–Trinajstić information content (AvgIpc) is 2.37. The molecule has 2 aromatic rings. The van der Waals surface area contributed by atoms with Crippen molar-refractivity contribution in [1.29, 1.82) is 0 Å². The van der Waals surface area contributed by atoms with E-state index in [9.17, 15) is 18.0 Å². The fourth-order valence-electron chi connectivity index (χ4n) is 1.78. The Kier molecular flexibility index (Phi) is 3.65. The van der Waals surface area contributed by atoms with Gasteiger partial charge in [-0.2, -0.15) is 13.2 Å². The molecule has 0 saturated heterocycles. The second-order valence-electron chi connectivity index (χ2n) is 4.75. The van der Waals surface area contributed by atoms with E-state index in [2.05, 4.69) is 4.98 Å². The quantitative estimate of drug-likeness (QED) is 0.915. The van der Waals surface area contributed by atoms with E-state index < -0.39 is 17.6 Å². The highest BCUT2D eigenvalue weighted by atomic mass is 19.4. The molecule has 0 aliphatic carbocycles. The van der Waals surface area contributed by atoms with Crippen molar-refractivity contribution in [2.45, 2.75) is 25.9 Å². The Balaban J connectivity index is 2.47. The number of hydrogen-bond acceptors (Lipinski definition) is 2. The van der Waals surface area contributed by atoms with Gasteiger partial charge in [-0.3, -0.25) is 4.79 Å². The van der Waals surface area contributed by atoms with Gasteiger partial charge >= 0.3 is 6.18 Å². The van der Waals surface area contributed by atoms with Crippen LogP contribution in [-0.4, -0.2) is 9.97 Å². The summed E-state index contributed by atoms with van der Waals surface area (Å²) in [6, 6.07) is 8.01. The number of halogens is 3. The molecule has 106 valence electrons. The first kappa shape index (κ1) is 14.3. The molecule has 0 aliphatic heterocycles. The minimum absolute atomic E-state index is 0.0105. The molecule has 1 N–H and O–H groups in total. The zero-order valence-corrected chi connectivity index (χ0v) is 11.0. The van der Waals surface area contributed by atoms with Gasteiger partial charge in [-0.1, -0.05) is 38.1 Å². The molecule has 2 rings (SSSR count). The minimum Gasteiger partial charge on any atom is -0.303 e. The lowest BCUT2D eigenvalue weighted by Gasteiger charge is -2.09. The van der Waals surface area contributed by atoms with Gasteiger partial charge in [0.2, 0.25) is 5.82 Å². The zero-order chi connectivity index (χ0) is 14.9. The van der Waals surface area contributed by atoms with Crippen molar-refractivity contribution in [3.63, 3.8) is 0 Å². The summed E-state index contributed by atoms with van der Waals surface area (Å²) in [6.07, 6.45) is -4.67. The van der Waals surface area contributed by atoms with Gasteiger partial charge in [-0.15, -0.1) is 0 Å². The Morgan fingerprint density at radius 1 is 1.15 bits per heavy atom. The topological polar surface area (TPSA) is 45.8 Å². The Morgan fingerprint density at radius 2 is 1.75 bits per heavy atom. The summed E-state index contributed by atoms with van der Waals surface area (Å²) in [6.45, 7) is 4.03. The van der Waals surface area contributed by atoms with Crippen LogP contribution in [0.25, 0.3) is 11.3 Å². The molecule has 0 saturated carbocycles. The van der Waals surface area contributed by atoms with Gasteiger partial charge in [0.05, 0.1) is 5.69 Å². The van der Waals surface area contributed by atoms with Crippen LogP contribution < -0.4 is 5.56 Å². The molecule has 0 spiro atoms. The largest absolute Gasteiger partial charge is 0.449 e. The predicted molar refractivity (Wildman–Crippen MR) is 69.4 cm³/mol. The summed E-state index contributed by atoms with van der Waals surface area (Å²) in [4.78, 5) is 16.5. The summed E-state index contributed by atoms with van der Waals surface area (Å²) >= 11 is 0. The predicted octanol–water partition coefficient (Wildman–Crippen LogP) is 3.58. The van der Waals surface area contributed by atoms with Crippen molar-refractivity contribution in [2.75, 3.05) is 0 Å². The minimum atomic E-state index is -4.67. The molecule has 0 fully saturated rings. The second kappa shape index (κ2) is 5.11. The van der Waals surface area contributed by atoms with Gasteiger partial charge in [0.15, 0.2) is 0 Å². The lowest BCUT2D eigenvalue weighted by molar-refractivity contribution is -0.145. The molecule has 6 heteroatoms. The molecular formula is C14H13F3N2O. The van der Waals surface area contributed by atoms with Gasteiger partial charge in [-0.05, 0) is 11.5 Å². The summed E-state index contributed by atoms with van der Waals surface area (Å²) in [7, 11) is 0. The van der Waals surface area contributed by atoms with Gasteiger partial charge in [-0.25, -0.2) is 4.98 Å². The molecule has 0 unspecified atom stereocenters. The maximum atomic E-state index is 12.6. The van der Waals surface area contributed by atoms with Gasteiger partial charge < -0.3 is 4.98 Å². The third kappa shape index (κ3) is 3.07. The van der Waals surface area contributed by atoms with Gasteiger partial charge in [0.25, 0.3) is 5.56 Å². The van der Waals surface area contributed by atoms with Crippen LogP contribution in [0.5, 0.6) is 0 Å². The van der Waals surface area contributed by atoms with E-state index >= 15 is 0 Å². The molecule has 0 atom stereocenters. The molecule has 0 radical (unpaired) electrons. The number of nitrogens with one attached hydrogen (secondary N) is 1. The lowest BCUT2D eigenvalue weighted by atomic mass is 10.0. The van der Waals surface area contributed by atoms with Crippen LogP contribution in [0.2, 0.25) is 0 Å². The Bertz CT molecular complexity index is 657. The molecule has 3 nitrogen and oxygen atoms in total. The second-order valence-corrected chi connectivity index (χ2v) is 4.75. The number of nitrogens with zero attached hydrogens (tertiary/aromatic N) is 1. The summed E-state index contributed by atoms with van der Waals surface area (Å²) in [5, 5.41) is 0. The summed E-state index contributed by atoms with van der Waals surface area (Å²) in [5.41, 5.74) is 0.729. The number of benzene rings is 1. The van der Waals surface area contributed by atoms with Crippen molar-refractivity contribution in [3.8, 4) is 11.3 Å². The Hall–Kier alpha value is -2.11. The Morgan fingerprint density at radius 3 is 2.25 bits per heavy atom. The standard InChI is InChI=1S/C14H13F3N2O/c1-8(2)9-3-5-10(6-4-9)11-7-12(20)19-13(18-11)14(15,16)17/h3-8H,1-2H3,(H,18,19,20). The van der Waals surface area contributed by atoms with E-state index in [0.717, 1.165) is 11.6 Å². The maximum Gasteiger partial charge on any atom is 0.449 e. The molecule has 0 bridgehead atoms. The number of aromatic amines is 1. The summed E-state index contributed by atoms with van der Waals surface area (Å²) in [5.74, 6) is -0.963. The maximum absolute atomic E-state index is 12.6. The highest BCUT2D eigenvalue weighted by Crippen LogP contribution is 2.27. The SMILES string of the molecule is CC(C)c1ccc(-c2cc(=O)[nH]c(C(F)(F)F)n2)cc1. The molecule has 0 aliphatic rings. The Labute approximate surface area is 113 Å². The molecule has 1 aromatic carbocycles. The van der Waals surface area contributed by atoms with Crippen LogP contribution in [0.3, 0.4) is 0 Å². The van der Waals surface area contributed by atoms with Crippen LogP contribution in [-0.2, 0) is 6.18 Å². The van der Waals surface area contributed by atoms with E-state index in [1.165, 1.54) is 0 Å². The monoisotopic (exact) mass is 282 g/mol. The lowest BCUT2D eigenvalue weighted by Crippen LogP contribution is -2.18. The molecule has 20 heavy (non-hydrogen) atoms. The van der Waals surface area contributed by atoms with Crippen molar-refractivity contribution in [2.24, 2.45) is 0 Å². The highest BCUT2D eigenvalue weighted by molar-refractivity contribution is 5.59. The van der Waals surface area contributed by atoms with Crippen molar-refractivity contribution in [1.82, 2.24) is 9.97 Å². The number of alkyl halides is 3. The normalized spacial score (nSPS) is 11.9. The van der Waals surface area contributed by atoms with E-state index in [-0.39, 0.29) is 5.69 Å². The van der Waals surface area contributed by atoms with Gasteiger partial charge in [0.1, 0.15) is 0 Å².